The summed E-state index contributed by atoms with van der Waals surface area (Å²) in [5, 5.41) is 11.3. The minimum absolute atomic E-state index is 0.612. The van der Waals surface area contributed by atoms with E-state index in [1.807, 2.05) is 26.8 Å². The first-order valence-electron chi connectivity index (χ1n) is 6.81. The Hall–Kier alpha value is -0.893. The summed E-state index contributed by atoms with van der Waals surface area (Å²) in [6.07, 6.45) is 3.39. The standard InChI is InChI=1S/C12H23N3O3Si/c1-4-16-19(17-5-2,18-6-3)11-7-8-12-9-10-13-15-14-12/h9-10H,4-8,11H2,1-3H3. The van der Waals surface area contributed by atoms with Crippen LogP contribution in [0.1, 0.15) is 32.9 Å². The van der Waals surface area contributed by atoms with Crippen LogP contribution in [0, 0.1) is 0 Å². The summed E-state index contributed by atoms with van der Waals surface area (Å²) in [7, 11) is -2.51. The molecule has 1 aromatic heterocycles. The first-order valence-corrected chi connectivity index (χ1v) is 8.74. The van der Waals surface area contributed by atoms with Gasteiger partial charge in [0.1, 0.15) is 0 Å². The predicted molar refractivity (Wildman–Crippen MR) is 73.6 cm³/mol. The quantitative estimate of drug-likeness (QED) is 0.611. The van der Waals surface area contributed by atoms with Gasteiger partial charge in [0.2, 0.25) is 0 Å². The Morgan fingerprint density at radius 1 is 1.05 bits per heavy atom. The van der Waals surface area contributed by atoms with E-state index < -0.39 is 8.80 Å². The van der Waals surface area contributed by atoms with Crippen LogP contribution in [-0.2, 0) is 19.7 Å². The van der Waals surface area contributed by atoms with E-state index in [1.54, 1.807) is 6.20 Å². The van der Waals surface area contributed by atoms with E-state index in [1.165, 1.54) is 0 Å². The molecule has 1 aromatic rings. The van der Waals surface area contributed by atoms with Gasteiger partial charge in [-0.15, -0.1) is 10.2 Å². The molecule has 108 valence electrons. The van der Waals surface area contributed by atoms with Crippen molar-refractivity contribution in [2.24, 2.45) is 0 Å². The van der Waals surface area contributed by atoms with Gasteiger partial charge < -0.3 is 13.3 Å². The SMILES string of the molecule is CCO[Si](CCCc1ccnnn1)(OCC)OCC. The zero-order valence-corrected chi connectivity index (χ0v) is 13.0. The highest BCUT2D eigenvalue weighted by Crippen LogP contribution is 2.19. The van der Waals surface area contributed by atoms with Crippen molar-refractivity contribution in [1.82, 2.24) is 15.4 Å². The zero-order chi connectivity index (χ0) is 14.0. The average molecular weight is 285 g/mol. The molecular formula is C12H23N3O3Si. The molecule has 0 spiro atoms. The van der Waals surface area contributed by atoms with Crippen LogP contribution in [0.5, 0.6) is 0 Å². The first kappa shape index (κ1) is 16.2. The minimum Gasteiger partial charge on any atom is -0.374 e. The highest BCUT2D eigenvalue weighted by molar-refractivity contribution is 6.60. The molecule has 0 radical (unpaired) electrons. The van der Waals surface area contributed by atoms with Crippen molar-refractivity contribution in [1.29, 1.82) is 0 Å². The van der Waals surface area contributed by atoms with Crippen LogP contribution >= 0.6 is 0 Å². The fraction of sp³-hybridized carbons (Fsp3) is 0.750. The molecule has 0 atom stereocenters. The molecule has 0 amide bonds. The van der Waals surface area contributed by atoms with Gasteiger partial charge in [0.05, 0.1) is 11.9 Å². The molecule has 0 saturated heterocycles. The number of rotatable bonds is 10. The second kappa shape index (κ2) is 9.08. The Bertz CT molecular complexity index is 323. The fourth-order valence-corrected chi connectivity index (χ4v) is 4.50. The third-order valence-electron chi connectivity index (χ3n) is 2.57. The maximum Gasteiger partial charge on any atom is 0.500 e. The molecule has 7 heteroatoms. The Balaban J connectivity index is 2.51. The molecule has 1 rings (SSSR count). The Morgan fingerprint density at radius 3 is 2.16 bits per heavy atom. The van der Waals surface area contributed by atoms with Gasteiger partial charge in [0.25, 0.3) is 0 Å². The molecule has 0 unspecified atom stereocenters. The van der Waals surface area contributed by atoms with Crippen molar-refractivity contribution in [2.45, 2.75) is 39.7 Å². The minimum atomic E-state index is -2.51. The second-order valence-corrected chi connectivity index (χ2v) is 6.68. The lowest BCUT2D eigenvalue weighted by Gasteiger charge is -2.28. The summed E-state index contributed by atoms with van der Waals surface area (Å²) >= 11 is 0. The summed E-state index contributed by atoms with van der Waals surface area (Å²) in [6.45, 7) is 7.74. The number of aryl methyl sites for hydroxylation is 1. The van der Waals surface area contributed by atoms with Crippen LogP contribution in [0.2, 0.25) is 6.04 Å². The fourth-order valence-electron chi connectivity index (χ4n) is 1.89. The molecular weight excluding hydrogens is 262 g/mol. The summed E-state index contributed by atoms with van der Waals surface area (Å²) in [5.41, 5.74) is 0.933. The van der Waals surface area contributed by atoms with E-state index in [0.29, 0.717) is 19.8 Å². The number of aromatic nitrogens is 3. The van der Waals surface area contributed by atoms with Gasteiger partial charge in [-0.3, -0.25) is 0 Å². The molecule has 0 fully saturated rings. The number of nitrogens with zero attached hydrogens (tertiary/aromatic N) is 3. The van der Waals surface area contributed by atoms with Crippen LogP contribution in [-0.4, -0.2) is 44.0 Å². The topological polar surface area (TPSA) is 66.4 Å². The molecule has 0 aliphatic carbocycles. The van der Waals surface area contributed by atoms with Crippen molar-refractivity contribution in [2.75, 3.05) is 19.8 Å². The van der Waals surface area contributed by atoms with Crippen molar-refractivity contribution in [3.63, 3.8) is 0 Å². The first-order chi connectivity index (χ1) is 9.26. The van der Waals surface area contributed by atoms with Gasteiger partial charge in [0.15, 0.2) is 0 Å². The van der Waals surface area contributed by atoms with E-state index in [4.69, 9.17) is 13.3 Å². The van der Waals surface area contributed by atoms with Gasteiger partial charge in [0, 0.05) is 25.9 Å². The lowest BCUT2D eigenvalue weighted by Crippen LogP contribution is -2.46. The smallest absolute Gasteiger partial charge is 0.374 e. The molecule has 0 N–H and O–H groups in total. The summed E-state index contributed by atoms with van der Waals surface area (Å²) < 4.78 is 17.4. The van der Waals surface area contributed by atoms with Crippen molar-refractivity contribution in [3.05, 3.63) is 18.0 Å². The van der Waals surface area contributed by atoms with Crippen LogP contribution in [0.3, 0.4) is 0 Å². The molecule has 19 heavy (non-hydrogen) atoms. The maximum atomic E-state index is 5.79. The Labute approximate surface area is 115 Å². The molecule has 0 aromatic carbocycles. The van der Waals surface area contributed by atoms with Gasteiger partial charge in [-0.1, -0.05) is 0 Å². The molecule has 0 bridgehead atoms. The van der Waals surface area contributed by atoms with Crippen LogP contribution in [0.15, 0.2) is 12.3 Å². The monoisotopic (exact) mass is 285 g/mol. The summed E-state index contributed by atoms with van der Waals surface area (Å²) in [4.78, 5) is 0. The summed E-state index contributed by atoms with van der Waals surface area (Å²) in [5.74, 6) is 0. The van der Waals surface area contributed by atoms with Gasteiger partial charge in [-0.05, 0) is 44.9 Å². The highest BCUT2D eigenvalue weighted by Gasteiger charge is 2.39. The van der Waals surface area contributed by atoms with Crippen molar-refractivity contribution >= 4 is 8.80 Å². The van der Waals surface area contributed by atoms with E-state index in [2.05, 4.69) is 15.4 Å². The van der Waals surface area contributed by atoms with E-state index in [9.17, 15) is 0 Å². The number of hydrogen-bond acceptors (Lipinski definition) is 6. The Morgan fingerprint density at radius 2 is 1.68 bits per heavy atom. The van der Waals surface area contributed by atoms with Crippen LogP contribution in [0.4, 0.5) is 0 Å². The van der Waals surface area contributed by atoms with Crippen molar-refractivity contribution in [3.8, 4) is 0 Å². The van der Waals surface area contributed by atoms with E-state index in [-0.39, 0.29) is 0 Å². The summed E-state index contributed by atoms with van der Waals surface area (Å²) in [6, 6.07) is 2.67. The van der Waals surface area contributed by atoms with Gasteiger partial charge >= 0.3 is 8.80 Å². The number of hydrogen-bond donors (Lipinski definition) is 0. The van der Waals surface area contributed by atoms with Crippen LogP contribution < -0.4 is 0 Å². The maximum absolute atomic E-state index is 5.79. The lowest BCUT2D eigenvalue weighted by atomic mass is 10.2. The normalized spacial score (nSPS) is 11.7. The highest BCUT2D eigenvalue weighted by atomic mass is 28.4. The molecule has 1 heterocycles. The van der Waals surface area contributed by atoms with Crippen molar-refractivity contribution < 1.29 is 13.3 Å². The zero-order valence-electron chi connectivity index (χ0n) is 12.0. The average Bonchev–Trinajstić information content (AvgIpc) is 2.41. The van der Waals surface area contributed by atoms with E-state index in [0.717, 1.165) is 24.6 Å². The molecule has 0 saturated carbocycles. The van der Waals surface area contributed by atoms with Gasteiger partial charge in [-0.25, -0.2) is 0 Å². The van der Waals surface area contributed by atoms with Gasteiger partial charge in [-0.2, -0.15) is 0 Å². The third kappa shape index (κ3) is 5.73. The molecule has 6 nitrogen and oxygen atoms in total. The van der Waals surface area contributed by atoms with E-state index >= 15 is 0 Å². The second-order valence-electron chi connectivity index (χ2n) is 3.95. The van der Waals surface area contributed by atoms with Crippen LogP contribution in [0.25, 0.3) is 0 Å². The molecule has 0 aliphatic heterocycles. The third-order valence-corrected chi connectivity index (χ3v) is 5.72. The predicted octanol–water partition coefficient (Wildman–Crippen LogP) is 1.85. The Kier molecular flexibility index (Phi) is 7.72. The molecule has 0 aliphatic rings. The lowest BCUT2D eigenvalue weighted by molar-refractivity contribution is 0.0708. The largest absolute Gasteiger partial charge is 0.500 e.